The highest BCUT2D eigenvalue weighted by molar-refractivity contribution is 7.09. The van der Waals surface area contributed by atoms with E-state index in [1.807, 2.05) is 31.2 Å². The lowest BCUT2D eigenvalue weighted by atomic mass is 10.0. The number of methoxy groups -OCH3 is 1. The van der Waals surface area contributed by atoms with Gasteiger partial charge in [-0.15, -0.1) is 11.3 Å². The number of aryl methyl sites for hydroxylation is 1. The number of carbonyl (C=O) groups is 2. The van der Waals surface area contributed by atoms with Crippen LogP contribution in [0.5, 0.6) is 17.2 Å². The maximum absolute atomic E-state index is 12.9. The van der Waals surface area contributed by atoms with Gasteiger partial charge < -0.3 is 24.8 Å². The van der Waals surface area contributed by atoms with Gasteiger partial charge in [0, 0.05) is 49.6 Å². The standard InChI is InChI=1S/C29H34N4O5S/c1-19-31-22(18-39-19)15-33-10-8-27-26(16-33)32-28(34)7-4-9-30-29(35)21-12-24(36-2)14-25(13-21)38-23-6-3-5-20(11-23)17-37-27/h3,5-6,11-14,18,26-27H,4,7-10,15-17H2,1-2H3,(H,30,35)(H,32,34)/t26-,27-/m0/s1. The molecule has 4 bridgehead atoms. The third kappa shape index (κ3) is 7.35. The van der Waals surface area contributed by atoms with Crippen LogP contribution >= 0.6 is 11.3 Å². The van der Waals surface area contributed by atoms with Gasteiger partial charge in [-0.2, -0.15) is 0 Å². The van der Waals surface area contributed by atoms with Crippen molar-refractivity contribution in [1.29, 1.82) is 0 Å². The number of hydrogen-bond acceptors (Lipinski definition) is 8. The first-order valence-corrected chi connectivity index (χ1v) is 14.1. The van der Waals surface area contributed by atoms with Crippen LogP contribution in [0, 0.1) is 6.92 Å². The summed E-state index contributed by atoms with van der Waals surface area (Å²) in [6.07, 6.45) is 1.51. The summed E-state index contributed by atoms with van der Waals surface area (Å²) >= 11 is 1.65. The minimum absolute atomic E-state index is 0.0469. The number of nitrogens with one attached hydrogen (secondary N) is 2. The van der Waals surface area contributed by atoms with Crippen molar-refractivity contribution in [3.8, 4) is 17.2 Å². The Morgan fingerprint density at radius 2 is 2.08 bits per heavy atom. The van der Waals surface area contributed by atoms with Crippen molar-refractivity contribution in [3.05, 3.63) is 69.7 Å². The predicted molar refractivity (Wildman–Crippen MR) is 148 cm³/mol. The minimum Gasteiger partial charge on any atom is -0.497 e. The molecule has 0 saturated carbocycles. The van der Waals surface area contributed by atoms with Crippen molar-refractivity contribution in [2.45, 2.75) is 51.5 Å². The van der Waals surface area contributed by atoms with E-state index in [9.17, 15) is 9.59 Å². The smallest absolute Gasteiger partial charge is 0.251 e. The molecule has 2 aliphatic heterocycles. The van der Waals surface area contributed by atoms with Crippen molar-refractivity contribution in [1.82, 2.24) is 20.5 Å². The van der Waals surface area contributed by atoms with Crippen LogP contribution in [0.15, 0.2) is 47.8 Å². The number of piperidine rings is 1. The number of ether oxygens (including phenoxy) is 3. The molecule has 2 aliphatic rings. The van der Waals surface area contributed by atoms with Gasteiger partial charge in [-0.1, -0.05) is 12.1 Å². The van der Waals surface area contributed by atoms with Crippen LogP contribution in [0.2, 0.25) is 0 Å². The van der Waals surface area contributed by atoms with E-state index in [4.69, 9.17) is 14.2 Å². The molecule has 206 valence electrons. The van der Waals surface area contributed by atoms with Gasteiger partial charge in [-0.3, -0.25) is 14.5 Å². The maximum atomic E-state index is 12.9. The zero-order valence-electron chi connectivity index (χ0n) is 22.3. The van der Waals surface area contributed by atoms with E-state index in [0.29, 0.717) is 55.4 Å². The molecule has 3 aromatic rings. The summed E-state index contributed by atoms with van der Waals surface area (Å²) in [6.45, 7) is 5.08. The molecular formula is C29H34N4O5S. The van der Waals surface area contributed by atoms with Crippen molar-refractivity contribution in [3.63, 3.8) is 0 Å². The van der Waals surface area contributed by atoms with Crippen molar-refractivity contribution in [2.24, 2.45) is 0 Å². The van der Waals surface area contributed by atoms with E-state index >= 15 is 0 Å². The van der Waals surface area contributed by atoms with Crippen LogP contribution in [0.4, 0.5) is 0 Å². The number of rotatable bonds is 3. The first-order valence-electron chi connectivity index (χ1n) is 13.2. The number of benzene rings is 2. The minimum atomic E-state index is -0.248. The topological polar surface area (TPSA) is 102 Å². The molecule has 0 unspecified atom stereocenters. The summed E-state index contributed by atoms with van der Waals surface area (Å²) in [4.78, 5) is 32.7. The lowest BCUT2D eigenvalue weighted by Crippen LogP contribution is -2.55. The summed E-state index contributed by atoms with van der Waals surface area (Å²) in [5, 5.41) is 9.25. The molecule has 0 radical (unpaired) electrons. The second kappa shape index (κ2) is 12.6. The van der Waals surface area contributed by atoms with Gasteiger partial charge in [0.2, 0.25) is 5.91 Å². The molecule has 39 heavy (non-hydrogen) atoms. The Morgan fingerprint density at radius 3 is 2.90 bits per heavy atom. The van der Waals surface area contributed by atoms with Crippen molar-refractivity contribution < 1.29 is 23.8 Å². The largest absolute Gasteiger partial charge is 0.497 e. The monoisotopic (exact) mass is 550 g/mol. The fraction of sp³-hybridized carbons (Fsp3) is 0.414. The molecule has 1 saturated heterocycles. The van der Waals surface area contributed by atoms with Crippen LogP contribution < -0.4 is 20.1 Å². The summed E-state index contributed by atoms with van der Waals surface area (Å²) < 4.78 is 17.9. The Bertz CT molecular complexity index is 1310. The lowest BCUT2D eigenvalue weighted by molar-refractivity contribution is -0.124. The van der Waals surface area contributed by atoms with Gasteiger partial charge in [-0.05, 0) is 49.6 Å². The summed E-state index contributed by atoms with van der Waals surface area (Å²) in [5.74, 6) is 1.36. The van der Waals surface area contributed by atoms with E-state index in [1.54, 1.807) is 36.6 Å². The molecule has 1 aromatic heterocycles. The van der Waals surface area contributed by atoms with E-state index in [0.717, 1.165) is 35.8 Å². The van der Waals surface area contributed by atoms with Crippen LogP contribution in [-0.4, -0.2) is 60.6 Å². The normalized spacial score (nSPS) is 21.0. The SMILES string of the molecule is COc1cc2cc(c1)C(=O)NCCCC(=O)N[C@H]1CN(Cc3csc(C)n3)CC[C@@H]1OCc1cccc(c1)O2. The van der Waals surface area contributed by atoms with Crippen LogP contribution in [0.1, 0.15) is 45.9 Å². The number of fused-ring (bicyclic) bond motifs is 5. The van der Waals surface area contributed by atoms with Gasteiger partial charge in [0.25, 0.3) is 5.91 Å². The van der Waals surface area contributed by atoms with Gasteiger partial charge >= 0.3 is 0 Å². The Hall–Kier alpha value is -3.47. The number of carbonyl (C=O) groups excluding carboxylic acids is 2. The molecule has 0 spiro atoms. The molecule has 2 amide bonds. The van der Waals surface area contributed by atoms with E-state index in [-0.39, 0.29) is 24.0 Å². The molecule has 0 aliphatic carbocycles. The van der Waals surface area contributed by atoms with Gasteiger partial charge in [0.1, 0.15) is 17.2 Å². The summed E-state index contributed by atoms with van der Waals surface area (Å²) in [5.41, 5.74) is 2.44. The summed E-state index contributed by atoms with van der Waals surface area (Å²) in [7, 11) is 1.55. The summed E-state index contributed by atoms with van der Waals surface area (Å²) in [6, 6.07) is 12.6. The molecule has 1 fully saturated rings. The first kappa shape index (κ1) is 27.1. The molecule has 9 nitrogen and oxygen atoms in total. The third-order valence-corrected chi connectivity index (χ3v) is 7.70. The first-order chi connectivity index (χ1) is 18.9. The average molecular weight is 551 g/mol. The highest BCUT2D eigenvalue weighted by atomic mass is 32.1. The molecular weight excluding hydrogens is 516 g/mol. The van der Waals surface area contributed by atoms with E-state index < -0.39 is 0 Å². The quantitative estimate of drug-likeness (QED) is 0.507. The van der Waals surface area contributed by atoms with E-state index in [1.165, 1.54) is 0 Å². The highest BCUT2D eigenvalue weighted by Crippen LogP contribution is 2.29. The Kier molecular flexibility index (Phi) is 8.75. The second-order valence-corrected chi connectivity index (χ2v) is 11.0. The molecule has 2 aromatic carbocycles. The van der Waals surface area contributed by atoms with Crippen molar-refractivity contribution in [2.75, 3.05) is 26.7 Å². The van der Waals surface area contributed by atoms with Crippen LogP contribution in [-0.2, 0) is 22.7 Å². The number of amides is 2. The fourth-order valence-electron chi connectivity index (χ4n) is 4.94. The average Bonchev–Trinajstić information content (AvgIpc) is 3.34. The van der Waals surface area contributed by atoms with E-state index in [2.05, 4.69) is 25.9 Å². The van der Waals surface area contributed by atoms with Gasteiger partial charge in [0.05, 0.1) is 36.6 Å². The van der Waals surface area contributed by atoms with Crippen LogP contribution in [0.3, 0.4) is 0 Å². The van der Waals surface area contributed by atoms with Gasteiger partial charge in [-0.25, -0.2) is 4.98 Å². The number of hydrogen-bond donors (Lipinski definition) is 2. The van der Waals surface area contributed by atoms with Crippen molar-refractivity contribution >= 4 is 23.2 Å². The molecule has 3 heterocycles. The predicted octanol–water partition coefficient (Wildman–Crippen LogP) is 4.05. The highest BCUT2D eigenvalue weighted by Gasteiger charge is 2.31. The third-order valence-electron chi connectivity index (χ3n) is 6.87. The molecule has 10 heteroatoms. The Morgan fingerprint density at radius 1 is 1.18 bits per heavy atom. The zero-order valence-corrected chi connectivity index (χ0v) is 23.1. The molecule has 5 rings (SSSR count). The fourth-order valence-corrected chi connectivity index (χ4v) is 5.54. The Labute approximate surface area is 232 Å². The molecule has 2 atom stereocenters. The number of thiazole rings is 1. The molecule has 2 N–H and O–H groups in total. The lowest BCUT2D eigenvalue weighted by Gasteiger charge is -2.38. The Balaban J connectivity index is 1.34. The second-order valence-electron chi connectivity index (χ2n) is 9.91. The zero-order chi connectivity index (χ0) is 27.2. The maximum Gasteiger partial charge on any atom is 0.251 e. The van der Waals surface area contributed by atoms with Gasteiger partial charge in [0.15, 0.2) is 0 Å². The number of nitrogens with zero attached hydrogens (tertiary/aromatic N) is 2. The van der Waals surface area contributed by atoms with Crippen LogP contribution in [0.25, 0.3) is 0 Å². The number of likely N-dealkylation sites (tertiary alicyclic amines) is 1. The number of aromatic nitrogens is 1.